The van der Waals surface area contributed by atoms with E-state index in [-0.39, 0.29) is 11.4 Å². The topological polar surface area (TPSA) is 66.8 Å². The second-order valence-corrected chi connectivity index (χ2v) is 10.1. The lowest BCUT2D eigenvalue weighted by Crippen LogP contribution is -2.35. The van der Waals surface area contributed by atoms with Gasteiger partial charge in [0.25, 0.3) is 5.56 Å². The molecule has 3 aromatic heterocycles. The Morgan fingerprint density at radius 1 is 1.00 bits per heavy atom. The Balaban J connectivity index is 1.26. The summed E-state index contributed by atoms with van der Waals surface area (Å²) >= 11 is 1.63. The van der Waals surface area contributed by atoms with Gasteiger partial charge in [0.15, 0.2) is 0 Å². The van der Waals surface area contributed by atoms with Gasteiger partial charge >= 0.3 is 6.18 Å². The van der Waals surface area contributed by atoms with Crippen molar-refractivity contribution in [2.75, 3.05) is 6.54 Å². The summed E-state index contributed by atoms with van der Waals surface area (Å²) in [6.45, 7) is 1.72. The van der Waals surface area contributed by atoms with Crippen LogP contribution in [0.5, 0.6) is 0 Å². The molecule has 192 valence electrons. The Labute approximate surface area is 220 Å². The number of aromatic amines is 1. The Kier molecular flexibility index (Phi) is 6.21. The maximum absolute atomic E-state index is 13.0. The van der Waals surface area contributed by atoms with E-state index in [1.165, 1.54) is 12.1 Å². The number of para-hydroxylation sites is 1. The summed E-state index contributed by atoms with van der Waals surface area (Å²) in [6, 6.07) is 18.6. The molecule has 2 aromatic carbocycles. The molecule has 0 atom stereocenters. The molecule has 4 heterocycles. The molecule has 0 saturated carbocycles. The van der Waals surface area contributed by atoms with Crippen LogP contribution in [0.25, 0.3) is 27.6 Å². The van der Waals surface area contributed by atoms with Gasteiger partial charge in [0.05, 0.1) is 27.4 Å². The highest BCUT2D eigenvalue weighted by atomic mass is 32.1. The number of nitrogens with one attached hydrogen (secondary N) is 1. The summed E-state index contributed by atoms with van der Waals surface area (Å²) in [5.74, 6) is 0.278. The molecular formula is C28H22F3N5OS. The summed E-state index contributed by atoms with van der Waals surface area (Å²) in [6.07, 6.45) is -1.82. The maximum Gasteiger partial charge on any atom is 0.416 e. The van der Waals surface area contributed by atoms with Crippen molar-refractivity contribution in [2.45, 2.75) is 25.7 Å². The number of fused-ring (bicyclic) bond motifs is 1. The Morgan fingerprint density at radius 3 is 2.50 bits per heavy atom. The van der Waals surface area contributed by atoms with Gasteiger partial charge in [-0.05, 0) is 35.7 Å². The van der Waals surface area contributed by atoms with Crippen LogP contribution in [0.4, 0.5) is 13.2 Å². The third-order valence-electron chi connectivity index (χ3n) is 6.59. The first-order valence-electron chi connectivity index (χ1n) is 12.0. The Hall–Kier alpha value is -4.02. The number of hydrogen-bond acceptors (Lipinski definition) is 5. The highest BCUT2D eigenvalue weighted by Crippen LogP contribution is 2.31. The molecule has 0 bridgehead atoms. The van der Waals surface area contributed by atoms with Crippen LogP contribution >= 0.6 is 11.3 Å². The smallest absolute Gasteiger partial charge is 0.306 e. The van der Waals surface area contributed by atoms with E-state index in [0.717, 1.165) is 34.0 Å². The zero-order chi connectivity index (χ0) is 26.3. The summed E-state index contributed by atoms with van der Waals surface area (Å²) in [7, 11) is 0. The van der Waals surface area contributed by atoms with E-state index in [0.29, 0.717) is 42.9 Å². The van der Waals surface area contributed by atoms with E-state index >= 15 is 0 Å². The average molecular weight is 534 g/mol. The minimum atomic E-state index is -4.42. The molecule has 5 aromatic rings. The van der Waals surface area contributed by atoms with Gasteiger partial charge in [0, 0.05) is 43.4 Å². The van der Waals surface area contributed by atoms with Crippen LogP contribution in [0.15, 0.2) is 83.1 Å². The number of H-pyrrole nitrogens is 1. The van der Waals surface area contributed by atoms with Crippen LogP contribution in [0.1, 0.15) is 22.4 Å². The molecule has 1 N–H and O–H groups in total. The number of thiophene rings is 1. The standard InChI is InChI=1S/C28H22F3N5OS/c29-28(30,31)20-10-8-18(9-11-20)26-32-23-12-13-35(17-22(23)27(37)33-26)15-19-16-36(21-5-2-1-3-6-21)34-25(19)24-7-4-14-38-24/h1-11,14,16H,12-13,15,17H2,(H,32,33,37). The summed E-state index contributed by atoms with van der Waals surface area (Å²) in [5.41, 5.74) is 3.64. The van der Waals surface area contributed by atoms with Crippen molar-refractivity contribution >= 4 is 11.3 Å². The quantitative estimate of drug-likeness (QED) is 0.304. The van der Waals surface area contributed by atoms with Crippen molar-refractivity contribution in [3.8, 4) is 27.6 Å². The molecule has 0 aliphatic carbocycles. The van der Waals surface area contributed by atoms with Crippen molar-refractivity contribution in [3.63, 3.8) is 0 Å². The zero-order valence-corrected chi connectivity index (χ0v) is 20.9. The first-order valence-corrected chi connectivity index (χ1v) is 12.9. The first-order chi connectivity index (χ1) is 18.3. The fraction of sp³-hybridized carbons (Fsp3) is 0.179. The molecule has 1 aliphatic rings. The predicted molar refractivity (Wildman–Crippen MR) is 140 cm³/mol. The van der Waals surface area contributed by atoms with Crippen molar-refractivity contribution in [1.82, 2.24) is 24.6 Å². The third-order valence-corrected chi connectivity index (χ3v) is 7.47. The molecule has 38 heavy (non-hydrogen) atoms. The average Bonchev–Trinajstić information content (AvgIpc) is 3.59. The Bertz CT molecular complexity index is 1620. The molecule has 6 rings (SSSR count). The number of alkyl halides is 3. The van der Waals surface area contributed by atoms with Crippen LogP contribution < -0.4 is 5.56 Å². The molecule has 0 spiro atoms. The van der Waals surface area contributed by atoms with E-state index < -0.39 is 11.7 Å². The number of rotatable bonds is 5. The third kappa shape index (κ3) is 4.80. The number of benzene rings is 2. The van der Waals surface area contributed by atoms with Crippen molar-refractivity contribution in [2.24, 2.45) is 0 Å². The summed E-state index contributed by atoms with van der Waals surface area (Å²) in [5, 5.41) is 6.89. The van der Waals surface area contributed by atoms with Gasteiger partial charge in [-0.15, -0.1) is 11.3 Å². The van der Waals surface area contributed by atoms with Gasteiger partial charge in [-0.3, -0.25) is 9.69 Å². The molecular weight excluding hydrogens is 511 g/mol. The van der Waals surface area contributed by atoms with Crippen molar-refractivity contribution in [3.05, 3.63) is 111 Å². The lowest BCUT2D eigenvalue weighted by Gasteiger charge is -2.27. The number of aromatic nitrogens is 4. The van der Waals surface area contributed by atoms with E-state index in [2.05, 4.69) is 20.9 Å². The fourth-order valence-electron chi connectivity index (χ4n) is 4.67. The highest BCUT2D eigenvalue weighted by molar-refractivity contribution is 7.13. The minimum absolute atomic E-state index is 0.270. The van der Waals surface area contributed by atoms with Crippen LogP contribution in [-0.2, 0) is 25.7 Å². The lowest BCUT2D eigenvalue weighted by atomic mass is 10.0. The largest absolute Gasteiger partial charge is 0.416 e. The summed E-state index contributed by atoms with van der Waals surface area (Å²) in [4.78, 5) is 23.6. The van der Waals surface area contributed by atoms with Gasteiger partial charge in [-0.2, -0.15) is 18.3 Å². The second kappa shape index (κ2) is 9.70. The molecule has 6 nitrogen and oxygen atoms in total. The van der Waals surface area contributed by atoms with E-state index in [1.54, 1.807) is 11.3 Å². The van der Waals surface area contributed by atoms with Crippen molar-refractivity contribution in [1.29, 1.82) is 0 Å². The molecule has 0 fully saturated rings. The Morgan fingerprint density at radius 2 is 1.79 bits per heavy atom. The van der Waals surface area contributed by atoms with E-state index in [9.17, 15) is 18.0 Å². The zero-order valence-electron chi connectivity index (χ0n) is 20.1. The number of nitrogens with zero attached hydrogens (tertiary/aromatic N) is 4. The van der Waals surface area contributed by atoms with Gasteiger partial charge < -0.3 is 4.98 Å². The normalized spacial score (nSPS) is 14.0. The summed E-state index contributed by atoms with van der Waals surface area (Å²) < 4.78 is 40.6. The predicted octanol–water partition coefficient (Wildman–Crippen LogP) is 5.93. The lowest BCUT2D eigenvalue weighted by molar-refractivity contribution is -0.137. The molecule has 0 unspecified atom stereocenters. The highest BCUT2D eigenvalue weighted by Gasteiger charge is 2.30. The molecule has 0 radical (unpaired) electrons. The van der Waals surface area contributed by atoms with Crippen LogP contribution in [-0.4, -0.2) is 31.2 Å². The fourth-order valence-corrected chi connectivity index (χ4v) is 5.41. The van der Waals surface area contributed by atoms with Gasteiger partial charge in [0.2, 0.25) is 0 Å². The maximum atomic E-state index is 13.0. The van der Waals surface area contributed by atoms with Gasteiger partial charge in [-0.25, -0.2) is 9.67 Å². The molecule has 0 saturated heterocycles. The number of halogens is 3. The van der Waals surface area contributed by atoms with E-state index in [4.69, 9.17) is 5.10 Å². The van der Waals surface area contributed by atoms with Crippen LogP contribution in [0, 0.1) is 0 Å². The van der Waals surface area contributed by atoms with Gasteiger partial charge in [-0.1, -0.05) is 36.4 Å². The molecule has 1 aliphatic heterocycles. The number of hydrogen-bond donors (Lipinski definition) is 1. The van der Waals surface area contributed by atoms with Crippen LogP contribution in [0.2, 0.25) is 0 Å². The minimum Gasteiger partial charge on any atom is -0.306 e. The molecule has 0 amide bonds. The monoisotopic (exact) mass is 533 g/mol. The second-order valence-electron chi connectivity index (χ2n) is 9.14. The van der Waals surface area contributed by atoms with Crippen molar-refractivity contribution < 1.29 is 13.2 Å². The van der Waals surface area contributed by atoms with E-state index in [1.807, 2.05) is 52.7 Å². The SMILES string of the molecule is O=c1[nH]c(-c2ccc(C(F)(F)F)cc2)nc2c1CN(Cc1cn(-c3ccccc3)nc1-c1cccs1)CC2. The first kappa shape index (κ1) is 24.3. The van der Waals surface area contributed by atoms with Gasteiger partial charge in [0.1, 0.15) is 11.5 Å². The molecule has 10 heteroatoms. The van der Waals surface area contributed by atoms with Crippen LogP contribution in [0.3, 0.4) is 0 Å².